The number of likely N-dealkylation sites (tertiary alicyclic amines) is 1. The molecule has 2 amide bonds. The van der Waals surface area contributed by atoms with Crippen LogP contribution in [0, 0.1) is 0 Å². The van der Waals surface area contributed by atoms with Crippen LogP contribution in [-0.4, -0.2) is 65.7 Å². The van der Waals surface area contributed by atoms with Crippen LogP contribution in [0.5, 0.6) is 0 Å². The number of ether oxygens (including phenoxy) is 1. The third-order valence-electron chi connectivity index (χ3n) is 7.93. The maximum absolute atomic E-state index is 14.0. The number of halogens is 3. The molecule has 0 unspecified atom stereocenters. The van der Waals surface area contributed by atoms with E-state index in [0.717, 1.165) is 27.3 Å². The molecule has 5 rings (SSSR count). The monoisotopic (exact) mass is 638 g/mol. The highest BCUT2D eigenvalue weighted by Crippen LogP contribution is 2.39. The number of rotatable bonds is 7. The molecule has 2 aromatic carbocycles. The zero-order valence-corrected chi connectivity index (χ0v) is 26.3. The number of aromatic amines is 2. The fourth-order valence-electron chi connectivity index (χ4n) is 5.64. The fourth-order valence-corrected chi connectivity index (χ4v) is 5.64. The normalized spacial score (nSPS) is 16.0. The lowest BCUT2D eigenvalue weighted by atomic mass is 10.0. The van der Waals surface area contributed by atoms with E-state index in [1.54, 1.807) is 35.4 Å². The molecular weight excluding hydrogens is 601 g/mol. The van der Waals surface area contributed by atoms with Gasteiger partial charge in [0.1, 0.15) is 17.2 Å². The maximum Gasteiger partial charge on any atom is 0.435 e. The highest BCUT2D eigenvalue weighted by atomic mass is 19.4. The topological polar surface area (TPSA) is 127 Å². The number of carboxylic acid groups (broad SMARTS) is 1. The molecule has 0 aliphatic carbocycles. The van der Waals surface area contributed by atoms with E-state index < -0.39 is 35.7 Å². The van der Waals surface area contributed by atoms with Crippen LogP contribution in [0.4, 0.5) is 22.8 Å². The number of nitrogens with one attached hydrogen (secondary N) is 2. The number of nitrogens with zero attached hydrogens (tertiary/aromatic N) is 4. The van der Waals surface area contributed by atoms with Crippen molar-refractivity contribution in [2.75, 3.05) is 13.1 Å². The summed E-state index contributed by atoms with van der Waals surface area (Å²) in [7, 11) is 0. The third-order valence-corrected chi connectivity index (χ3v) is 7.93. The van der Waals surface area contributed by atoms with Crippen LogP contribution in [0.1, 0.15) is 76.9 Å². The first-order valence-electron chi connectivity index (χ1n) is 15.1. The van der Waals surface area contributed by atoms with Gasteiger partial charge < -0.3 is 19.8 Å². The molecule has 13 heteroatoms. The average Bonchev–Trinajstić information content (AvgIpc) is 3.76. The Morgan fingerprint density at radius 3 is 2.15 bits per heavy atom. The molecular formula is C33H37F3N6O4. The van der Waals surface area contributed by atoms with Crippen molar-refractivity contribution < 1.29 is 32.6 Å². The number of benzene rings is 2. The molecule has 1 saturated heterocycles. The lowest BCUT2D eigenvalue weighted by Crippen LogP contribution is -2.38. The molecule has 2 atom stereocenters. The fraction of sp³-hybridized carbons (Fsp3) is 0.394. The number of hydrogen-bond donors (Lipinski definition) is 3. The van der Waals surface area contributed by atoms with E-state index >= 15 is 0 Å². The zero-order valence-electron chi connectivity index (χ0n) is 26.3. The minimum atomic E-state index is -4.72. The largest absolute Gasteiger partial charge is 0.465 e. The number of alkyl halides is 3. The predicted molar refractivity (Wildman–Crippen MR) is 166 cm³/mol. The quantitative estimate of drug-likeness (QED) is 0.187. The first-order chi connectivity index (χ1) is 21.7. The van der Waals surface area contributed by atoms with E-state index in [9.17, 15) is 27.9 Å². The second-order valence-electron chi connectivity index (χ2n) is 12.3. The van der Waals surface area contributed by atoms with Crippen molar-refractivity contribution in [2.45, 2.75) is 71.3 Å². The van der Waals surface area contributed by atoms with Crippen LogP contribution < -0.4 is 0 Å². The first-order valence-corrected chi connectivity index (χ1v) is 15.1. The van der Waals surface area contributed by atoms with E-state index in [2.05, 4.69) is 19.9 Å². The van der Waals surface area contributed by atoms with Gasteiger partial charge in [0.2, 0.25) is 0 Å². The minimum Gasteiger partial charge on any atom is -0.465 e. The molecule has 1 aliphatic rings. The summed E-state index contributed by atoms with van der Waals surface area (Å²) in [5, 5.41) is 9.46. The summed E-state index contributed by atoms with van der Waals surface area (Å²) in [6.07, 6.45) is -3.68. The van der Waals surface area contributed by atoms with Gasteiger partial charge in [0.05, 0.1) is 29.7 Å². The summed E-state index contributed by atoms with van der Waals surface area (Å²) >= 11 is 0. The molecule has 46 heavy (non-hydrogen) atoms. The molecule has 3 heterocycles. The molecule has 0 saturated carbocycles. The summed E-state index contributed by atoms with van der Waals surface area (Å²) in [4.78, 5) is 41.4. The molecule has 0 spiro atoms. The van der Waals surface area contributed by atoms with E-state index in [4.69, 9.17) is 4.74 Å². The number of hydrogen-bond acceptors (Lipinski definition) is 5. The Hall–Kier alpha value is -4.81. The van der Waals surface area contributed by atoms with Crippen molar-refractivity contribution in [1.82, 2.24) is 29.7 Å². The number of carbonyl (C=O) groups excluding carboxylic acids is 1. The highest BCUT2D eigenvalue weighted by Gasteiger charge is 2.40. The van der Waals surface area contributed by atoms with Gasteiger partial charge in [-0.25, -0.2) is 19.6 Å². The minimum absolute atomic E-state index is 0.00881. The summed E-state index contributed by atoms with van der Waals surface area (Å²) < 4.78 is 47.4. The Labute approximate surface area is 264 Å². The molecule has 244 valence electrons. The Bertz CT molecular complexity index is 1690. The molecule has 0 bridgehead atoms. The van der Waals surface area contributed by atoms with Gasteiger partial charge in [-0.05, 0) is 64.2 Å². The van der Waals surface area contributed by atoms with E-state index in [0.29, 0.717) is 25.2 Å². The summed E-state index contributed by atoms with van der Waals surface area (Å²) in [6, 6.07) is 13.2. The summed E-state index contributed by atoms with van der Waals surface area (Å²) in [5.74, 6) is 0.608. The average molecular weight is 639 g/mol. The van der Waals surface area contributed by atoms with E-state index in [1.165, 1.54) is 0 Å². The maximum atomic E-state index is 14.0. The van der Waals surface area contributed by atoms with Crippen LogP contribution in [0.3, 0.4) is 0 Å². The van der Waals surface area contributed by atoms with Gasteiger partial charge in [0.25, 0.3) is 0 Å². The molecule has 4 aromatic rings. The molecule has 1 fully saturated rings. The van der Waals surface area contributed by atoms with Crippen molar-refractivity contribution in [2.24, 2.45) is 0 Å². The van der Waals surface area contributed by atoms with E-state index in [-0.39, 0.29) is 29.7 Å². The summed E-state index contributed by atoms with van der Waals surface area (Å²) in [5.41, 5.74) is 1.70. The van der Waals surface area contributed by atoms with Gasteiger partial charge in [-0.3, -0.25) is 9.80 Å². The summed E-state index contributed by atoms with van der Waals surface area (Å²) in [6.45, 7) is 9.91. The number of H-pyrrole nitrogens is 2. The predicted octanol–water partition coefficient (Wildman–Crippen LogP) is 8.29. The Balaban J connectivity index is 1.33. The first kappa shape index (κ1) is 32.6. The van der Waals surface area contributed by atoms with Gasteiger partial charge in [0.15, 0.2) is 5.69 Å². The van der Waals surface area contributed by atoms with Gasteiger partial charge in [-0.15, -0.1) is 0 Å². The number of amides is 2. The van der Waals surface area contributed by atoms with Gasteiger partial charge >= 0.3 is 18.4 Å². The van der Waals surface area contributed by atoms with E-state index in [1.807, 2.05) is 58.9 Å². The van der Waals surface area contributed by atoms with Crippen molar-refractivity contribution in [3.8, 4) is 33.6 Å². The van der Waals surface area contributed by atoms with Crippen LogP contribution in [0.15, 0.2) is 54.7 Å². The molecule has 2 aromatic heterocycles. The van der Waals surface area contributed by atoms with Crippen molar-refractivity contribution in [3.63, 3.8) is 0 Å². The highest BCUT2D eigenvalue weighted by molar-refractivity contribution is 5.73. The Morgan fingerprint density at radius 1 is 1.02 bits per heavy atom. The van der Waals surface area contributed by atoms with Crippen molar-refractivity contribution in [1.29, 1.82) is 0 Å². The lowest BCUT2D eigenvalue weighted by Gasteiger charge is -2.30. The molecule has 0 radical (unpaired) electrons. The smallest absolute Gasteiger partial charge is 0.435 e. The Kier molecular flexibility index (Phi) is 8.87. The molecule has 3 N–H and O–H groups in total. The molecule has 10 nitrogen and oxygen atoms in total. The standard InChI is InChI=1S/C33H37F3N6O4/c1-6-41(31(45)46-32(3,4)5)19(2)28-37-18-24(38-28)22-13-9-20(10-14-22)21-11-15-23(16-12-21)26-27(33(34,35)36)40-29(39-26)25-8-7-17-42(25)30(43)44/h9-16,18-19,25H,6-8,17H2,1-5H3,(H,37,38)(H,39,40)(H,43,44)/t19-,25-/m0/s1. The van der Waals surface area contributed by atoms with Crippen LogP contribution in [0.2, 0.25) is 0 Å². The van der Waals surface area contributed by atoms with Crippen molar-refractivity contribution >= 4 is 12.2 Å². The van der Waals surface area contributed by atoms with Crippen LogP contribution >= 0.6 is 0 Å². The van der Waals surface area contributed by atoms with Crippen LogP contribution in [-0.2, 0) is 10.9 Å². The zero-order chi connectivity index (χ0) is 33.4. The van der Waals surface area contributed by atoms with Crippen molar-refractivity contribution in [3.05, 3.63) is 72.1 Å². The SMILES string of the molecule is CCN(C(=O)OC(C)(C)C)[C@@H](C)c1ncc(-c2ccc(-c3ccc(-c4[nH]c([C@@H]5CCCN5C(=O)O)nc4C(F)(F)F)cc3)cc2)[nH]1. The molecule has 1 aliphatic heterocycles. The second kappa shape index (κ2) is 12.5. The Morgan fingerprint density at radius 2 is 1.61 bits per heavy atom. The second-order valence-corrected chi connectivity index (χ2v) is 12.3. The number of imidazole rings is 2. The van der Waals surface area contributed by atoms with Gasteiger partial charge in [-0.1, -0.05) is 48.5 Å². The lowest BCUT2D eigenvalue weighted by molar-refractivity contribution is -0.140. The van der Waals surface area contributed by atoms with Gasteiger partial charge in [-0.2, -0.15) is 13.2 Å². The van der Waals surface area contributed by atoms with Gasteiger partial charge in [0, 0.05) is 18.7 Å². The third kappa shape index (κ3) is 6.87. The number of carbonyl (C=O) groups is 2. The number of aromatic nitrogens is 4. The van der Waals surface area contributed by atoms with Crippen LogP contribution in [0.25, 0.3) is 33.6 Å².